The Morgan fingerprint density at radius 2 is 2.06 bits per heavy atom. The third-order valence-corrected chi connectivity index (χ3v) is 6.74. The highest BCUT2D eigenvalue weighted by Crippen LogP contribution is 2.24. The van der Waals surface area contributed by atoms with Crippen LogP contribution in [0.3, 0.4) is 0 Å². The average Bonchev–Trinajstić information content (AvgIpc) is 2.98. The van der Waals surface area contributed by atoms with Crippen LogP contribution in [0.2, 0.25) is 0 Å². The number of rotatable bonds is 12. The number of carbonyl (C=O) groups excluding carboxylic acids is 2. The minimum absolute atomic E-state index is 0.0496. The molecular weight excluding hydrogens is 429 g/mol. The van der Waals surface area contributed by atoms with Crippen LogP contribution in [0, 0.1) is 11.7 Å². The average molecular weight is 458 g/mol. The number of benzene rings is 1. The van der Waals surface area contributed by atoms with Gasteiger partial charge in [-0.15, -0.1) is 0 Å². The number of carbonyl (C=O) groups is 2. The molecule has 2 fully saturated rings. The maximum Gasteiger partial charge on any atom is 0.324 e. The lowest BCUT2D eigenvalue weighted by atomic mass is 10.1. The van der Waals surface area contributed by atoms with Crippen LogP contribution in [0.25, 0.3) is 0 Å². The molecule has 31 heavy (non-hydrogen) atoms. The van der Waals surface area contributed by atoms with Gasteiger partial charge in [0.25, 0.3) is 0 Å². The molecule has 0 saturated carbocycles. The van der Waals surface area contributed by atoms with Crippen LogP contribution < -0.4 is 14.8 Å². The monoisotopic (exact) mass is 457 g/mol. The lowest BCUT2D eigenvalue weighted by molar-refractivity contribution is -0.118. The van der Waals surface area contributed by atoms with E-state index in [1.54, 1.807) is 6.92 Å². The minimum Gasteiger partial charge on any atom is -0.490 e. The van der Waals surface area contributed by atoms with Crippen LogP contribution in [-0.2, 0) is 19.6 Å². The molecule has 0 aliphatic carbocycles. The standard InChI is InChI=1S/C20H28FN3O6S/c1-14(16-5-6-17(21)18(9-16)30-13-15-11-29-12-15)23-31(27,28)8-4-2-3-7-24-10-19(25)22-20(24)26/h5-6,9,14-15,23H,2-4,7-8,10-13H2,1H3,(H,22,25,26)/t14-/m1/s1. The predicted molar refractivity (Wildman–Crippen MR) is 111 cm³/mol. The highest BCUT2D eigenvalue weighted by Gasteiger charge is 2.26. The van der Waals surface area contributed by atoms with Crippen LogP contribution in [-0.4, -0.2) is 63.9 Å². The molecule has 1 aromatic rings. The van der Waals surface area contributed by atoms with Gasteiger partial charge in [-0.3, -0.25) is 10.1 Å². The Kier molecular flexibility index (Phi) is 7.84. The fraction of sp³-hybridized carbons (Fsp3) is 0.600. The molecule has 2 N–H and O–H groups in total. The number of halogens is 1. The number of unbranched alkanes of at least 4 members (excludes halogenated alkanes) is 2. The number of nitrogens with one attached hydrogen (secondary N) is 2. The largest absolute Gasteiger partial charge is 0.490 e. The van der Waals surface area contributed by atoms with E-state index in [4.69, 9.17) is 9.47 Å². The first-order valence-corrected chi connectivity index (χ1v) is 12.0. The lowest BCUT2D eigenvalue weighted by Crippen LogP contribution is -2.32. The number of ether oxygens (including phenoxy) is 2. The summed E-state index contributed by atoms with van der Waals surface area (Å²) in [7, 11) is -3.54. The van der Waals surface area contributed by atoms with E-state index in [-0.39, 0.29) is 29.9 Å². The maximum atomic E-state index is 14.0. The van der Waals surface area contributed by atoms with Gasteiger partial charge in [-0.25, -0.2) is 22.3 Å². The second-order valence-electron chi connectivity index (χ2n) is 7.90. The van der Waals surface area contributed by atoms with Crippen molar-refractivity contribution >= 4 is 22.0 Å². The lowest BCUT2D eigenvalue weighted by Gasteiger charge is -2.26. The highest BCUT2D eigenvalue weighted by atomic mass is 32.2. The summed E-state index contributed by atoms with van der Waals surface area (Å²) in [4.78, 5) is 24.0. The summed E-state index contributed by atoms with van der Waals surface area (Å²) in [6.45, 7) is 3.70. The van der Waals surface area contributed by atoms with E-state index in [0.717, 1.165) is 0 Å². The first kappa shape index (κ1) is 23.4. The summed E-state index contributed by atoms with van der Waals surface area (Å²) < 4.78 is 52.0. The second-order valence-corrected chi connectivity index (χ2v) is 9.77. The molecule has 0 spiro atoms. The van der Waals surface area contributed by atoms with Gasteiger partial charge in [-0.05, 0) is 37.5 Å². The Bertz CT molecular complexity index is 906. The van der Waals surface area contributed by atoms with Gasteiger partial charge < -0.3 is 14.4 Å². The molecule has 3 amide bonds. The van der Waals surface area contributed by atoms with Crippen molar-refractivity contribution in [1.29, 1.82) is 0 Å². The molecule has 172 valence electrons. The fourth-order valence-electron chi connectivity index (χ4n) is 3.32. The molecule has 1 atom stereocenters. The van der Waals surface area contributed by atoms with Gasteiger partial charge in [-0.2, -0.15) is 0 Å². The van der Waals surface area contributed by atoms with Gasteiger partial charge in [0, 0.05) is 18.5 Å². The maximum absolute atomic E-state index is 14.0. The van der Waals surface area contributed by atoms with Crippen LogP contribution in [0.1, 0.15) is 37.8 Å². The van der Waals surface area contributed by atoms with E-state index in [9.17, 15) is 22.4 Å². The number of nitrogens with zero attached hydrogens (tertiary/aromatic N) is 1. The summed E-state index contributed by atoms with van der Waals surface area (Å²) in [6.07, 6.45) is 1.63. The predicted octanol–water partition coefficient (Wildman–Crippen LogP) is 1.55. The molecule has 2 aliphatic heterocycles. The quantitative estimate of drug-likeness (QED) is 0.364. The van der Waals surface area contributed by atoms with Gasteiger partial charge in [0.1, 0.15) is 6.54 Å². The van der Waals surface area contributed by atoms with Gasteiger partial charge in [0.15, 0.2) is 11.6 Å². The third-order valence-electron chi connectivity index (χ3n) is 5.20. The highest BCUT2D eigenvalue weighted by molar-refractivity contribution is 7.89. The van der Waals surface area contributed by atoms with Crippen molar-refractivity contribution in [3.05, 3.63) is 29.6 Å². The number of imide groups is 1. The molecule has 3 rings (SSSR count). The van der Waals surface area contributed by atoms with E-state index in [0.29, 0.717) is 51.2 Å². The van der Waals surface area contributed by atoms with Crippen molar-refractivity contribution in [1.82, 2.24) is 14.9 Å². The normalized spacial score (nSPS) is 18.1. The fourth-order valence-corrected chi connectivity index (χ4v) is 4.70. The molecule has 2 aliphatic rings. The molecule has 1 aromatic carbocycles. The van der Waals surface area contributed by atoms with E-state index in [2.05, 4.69) is 10.0 Å². The number of sulfonamides is 1. The number of urea groups is 1. The van der Waals surface area contributed by atoms with Crippen molar-refractivity contribution in [2.75, 3.05) is 38.7 Å². The van der Waals surface area contributed by atoms with Crippen molar-refractivity contribution < 1.29 is 31.9 Å². The summed E-state index contributed by atoms with van der Waals surface area (Å²) >= 11 is 0. The molecular formula is C20H28FN3O6S. The Morgan fingerprint density at radius 1 is 1.29 bits per heavy atom. The van der Waals surface area contributed by atoms with Crippen molar-refractivity contribution in [3.8, 4) is 5.75 Å². The van der Waals surface area contributed by atoms with E-state index < -0.39 is 27.9 Å². The van der Waals surface area contributed by atoms with Crippen molar-refractivity contribution in [2.24, 2.45) is 5.92 Å². The SMILES string of the molecule is C[C@@H](NS(=O)(=O)CCCCCN1CC(=O)NC1=O)c1ccc(F)c(OCC2COC2)c1. The summed E-state index contributed by atoms with van der Waals surface area (Å²) in [5, 5.41) is 2.20. The number of hydrogen-bond acceptors (Lipinski definition) is 6. The zero-order chi connectivity index (χ0) is 22.4. The van der Waals surface area contributed by atoms with Crippen molar-refractivity contribution in [2.45, 2.75) is 32.2 Å². The molecule has 2 saturated heterocycles. The van der Waals surface area contributed by atoms with Crippen LogP contribution in [0.5, 0.6) is 5.75 Å². The van der Waals surface area contributed by atoms with Crippen molar-refractivity contribution in [3.63, 3.8) is 0 Å². The summed E-state index contributed by atoms with van der Waals surface area (Å²) in [6, 6.07) is 3.37. The third kappa shape index (κ3) is 6.88. The van der Waals surface area contributed by atoms with Crippen LogP contribution >= 0.6 is 0 Å². The zero-order valence-corrected chi connectivity index (χ0v) is 18.3. The number of hydrogen-bond donors (Lipinski definition) is 2. The molecule has 0 radical (unpaired) electrons. The first-order chi connectivity index (χ1) is 14.7. The molecule has 0 aromatic heterocycles. The zero-order valence-electron chi connectivity index (χ0n) is 17.4. The van der Waals surface area contributed by atoms with E-state index >= 15 is 0 Å². The minimum atomic E-state index is -3.54. The Balaban J connectivity index is 1.42. The van der Waals surface area contributed by atoms with Gasteiger partial charge in [0.05, 0.1) is 25.6 Å². The summed E-state index contributed by atoms with van der Waals surface area (Å²) in [5.41, 5.74) is 0.606. The molecule has 2 heterocycles. The van der Waals surface area contributed by atoms with E-state index in [1.807, 2.05) is 0 Å². The summed E-state index contributed by atoms with van der Waals surface area (Å²) in [5.74, 6) is -0.530. The number of amides is 3. The Morgan fingerprint density at radius 3 is 2.71 bits per heavy atom. The second kappa shape index (κ2) is 10.4. The van der Waals surface area contributed by atoms with Crippen LogP contribution in [0.4, 0.5) is 9.18 Å². The molecule has 9 nitrogen and oxygen atoms in total. The van der Waals surface area contributed by atoms with Gasteiger partial charge >= 0.3 is 6.03 Å². The van der Waals surface area contributed by atoms with Gasteiger partial charge in [0.2, 0.25) is 15.9 Å². The Hall–Kier alpha value is -2.24. The Labute approximate surface area is 181 Å². The topological polar surface area (TPSA) is 114 Å². The van der Waals surface area contributed by atoms with Crippen LogP contribution in [0.15, 0.2) is 18.2 Å². The molecule has 0 bridgehead atoms. The first-order valence-electron chi connectivity index (χ1n) is 10.3. The van der Waals surface area contributed by atoms with Gasteiger partial charge in [-0.1, -0.05) is 12.5 Å². The molecule has 0 unspecified atom stereocenters. The molecule has 11 heteroatoms. The van der Waals surface area contributed by atoms with E-state index in [1.165, 1.54) is 23.1 Å². The smallest absolute Gasteiger partial charge is 0.324 e.